The van der Waals surface area contributed by atoms with E-state index in [4.69, 9.17) is 10.1 Å². The number of fused-ring (bicyclic) bond motifs is 3. The van der Waals surface area contributed by atoms with Gasteiger partial charge >= 0.3 is 5.97 Å². The summed E-state index contributed by atoms with van der Waals surface area (Å²) in [6.45, 7) is 0. The highest BCUT2D eigenvalue weighted by atomic mass is 32.1. The number of carbonyl (C=O) groups is 1. The lowest BCUT2D eigenvalue weighted by molar-refractivity contribution is 0.0697. The van der Waals surface area contributed by atoms with Crippen molar-refractivity contribution < 1.29 is 9.90 Å². The second-order valence-electron chi connectivity index (χ2n) is 8.06. The maximum Gasteiger partial charge on any atom is 0.335 e. The van der Waals surface area contributed by atoms with Gasteiger partial charge < -0.3 is 5.11 Å². The van der Waals surface area contributed by atoms with Gasteiger partial charge in [-0.15, -0.1) is 11.3 Å². The smallest absolute Gasteiger partial charge is 0.335 e. The van der Waals surface area contributed by atoms with Crippen molar-refractivity contribution >= 4 is 40.4 Å². The molecule has 162 valence electrons. The van der Waals surface area contributed by atoms with Crippen LogP contribution in [0, 0.1) is 0 Å². The molecule has 4 aromatic rings. The number of rotatable bonds is 3. The predicted molar refractivity (Wildman–Crippen MR) is 130 cm³/mol. The third-order valence-corrected chi connectivity index (χ3v) is 8.05. The van der Waals surface area contributed by atoms with Crippen LogP contribution in [0.1, 0.15) is 44.4 Å². The van der Waals surface area contributed by atoms with Crippen LogP contribution < -0.4 is 14.9 Å². The summed E-state index contributed by atoms with van der Waals surface area (Å²) < 4.78 is 2.42. The molecule has 0 amide bonds. The molecule has 6 rings (SSSR count). The van der Waals surface area contributed by atoms with Crippen molar-refractivity contribution in [2.45, 2.75) is 18.9 Å². The van der Waals surface area contributed by atoms with Gasteiger partial charge in [-0.3, -0.25) is 9.36 Å². The number of allylic oxidation sites excluding steroid dienone is 1. The second-order valence-corrected chi connectivity index (χ2v) is 10.0. The molecule has 1 aliphatic heterocycles. The molecule has 2 aromatic heterocycles. The molecular weight excluding hydrogens is 452 g/mol. The summed E-state index contributed by atoms with van der Waals surface area (Å²) in [5, 5.41) is 11.2. The molecule has 7 heteroatoms. The number of aryl methyl sites for hydroxylation is 1. The molecule has 1 aliphatic carbocycles. The van der Waals surface area contributed by atoms with Gasteiger partial charge in [-0.05, 0) is 59.2 Å². The Morgan fingerprint density at radius 2 is 1.88 bits per heavy atom. The first kappa shape index (κ1) is 20.1. The number of carboxylic acids is 1. The Kier molecular flexibility index (Phi) is 4.74. The lowest BCUT2D eigenvalue weighted by atomic mass is 9.85. The van der Waals surface area contributed by atoms with Gasteiger partial charge in [0, 0.05) is 10.4 Å². The largest absolute Gasteiger partial charge is 0.478 e. The molecule has 0 unspecified atom stereocenters. The molecule has 2 aromatic carbocycles. The van der Waals surface area contributed by atoms with E-state index < -0.39 is 5.97 Å². The minimum absolute atomic E-state index is 0.0649. The summed E-state index contributed by atoms with van der Waals surface area (Å²) >= 11 is 3.04. The Morgan fingerprint density at radius 1 is 1.06 bits per heavy atom. The fourth-order valence-electron chi connectivity index (χ4n) is 4.59. The van der Waals surface area contributed by atoms with Crippen LogP contribution in [0.5, 0.6) is 0 Å². The van der Waals surface area contributed by atoms with E-state index in [1.54, 1.807) is 35.6 Å². The van der Waals surface area contributed by atoms with Crippen molar-refractivity contribution in [1.82, 2.24) is 4.57 Å². The minimum Gasteiger partial charge on any atom is -0.478 e. The van der Waals surface area contributed by atoms with Gasteiger partial charge in [-0.25, -0.2) is 9.79 Å². The monoisotopic (exact) mass is 470 g/mol. The van der Waals surface area contributed by atoms with E-state index in [9.17, 15) is 9.59 Å². The van der Waals surface area contributed by atoms with Crippen molar-refractivity contribution in [1.29, 1.82) is 0 Å². The molecule has 0 spiro atoms. The molecule has 1 atom stereocenters. The highest BCUT2D eigenvalue weighted by molar-refractivity contribution is 7.10. The lowest BCUT2D eigenvalue weighted by Gasteiger charge is -2.30. The van der Waals surface area contributed by atoms with Gasteiger partial charge in [0.1, 0.15) is 0 Å². The number of aromatic carboxylic acids is 1. The van der Waals surface area contributed by atoms with Gasteiger partial charge in [0.05, 0.1) is 21.8 Å². The van der Waals surface area contributed by atoms with Gasteiger partial charge in [0.15, 0.2) is 4.80 Å². The van der Waals surface area contributed by atoms with Crippen molar-refractivity contribution in [2.75, 3.05) is 0 Å². The number of nitrogens with zero attached hydrogens (tertiary/aromatic N) is 2. The molecule has 0 bridgehead atoms. The number of thiophene rings is 1. The number of carboxylic acid groups (broad SMARTS) is 1. The van der Waals surface area contributed by atoms with Crippen molar-refractivity contribution in [3.63, 3.8) is 0 Å². The number of hydrogen-bond acceptors (Lipinski definition) is 5. The van der Waals surface area contributed by atoms with Crippen LogP contribution in [0.3, 0.4) is 0 Å². The SMILES string of the molecule is O=C(O)c1ccc(C=c2sc3n(c2=O)[C@@H](c2cccs2)C2=C(N=3)c3ccccc3CC2)cc1. The number of thiazole rings is 1. The van der Waals surface area contributed by atoms with Crippen LogP contribution in [0.15, 0.2) is 81.4 Å². The first-order valence-corrected chi connectivity index (χ1v) is 12.3. The number of benzene rings is 2. The normalized spacial score (nSPS) is 17.2. The first-order valence-electron chi connectivity index (χ1n) is 10.6. The molecule has 5 nitrogen and oxygen atoms in total. The highest BCUT2D eigenvalue weighted by Crippen LogP contribution is 2.42. The average molecular weight is 471 g/mol. The zero-order chi connectivity index (χ0) is 22.5. The molecule has 0 fully saturated rings. The van der Waals surface area contributed by atoms with Crippen molar-refractivity contribution in [2.24, 2.45) is 4.99 Å². The molecule has 0 radical (unpaired) electrons. The standard InChI is InChI=1S/C26H18N2O3S2/c29-24-21(14-15-7-9-17(10-8-15)25(30)31)33-26-27-22-18-5-2-1-4-16(18)11-12-19(22)23(28(24)26)20-6-3-13-32-20/h1-10,13-14,23H,11-12H2,(H,30,31)/t23-/m1/s1. The van der Waals surface area contributed by atoms with E-state index in [0.717, 1.165) is 34.5 Å². The van der Waals surface area contributed by atoms with Gasteiger partial charge in [-0.2, -0.15) is 0 Å². The van der Waals surface area contributed by atoms with Crippen molar-refractivity contribution in [3.05, 3.63) is 118 Å². The summed E-state index contributed by atoms with van der Waals surface area (Å²) in [5.41, 5.74) is 5.58. The van der Waals surface area contributed by atoms with Crippen LogP contribution in [0.25, 0.3) is 11.8 Å². The molecule has 2 aliphatic rings. The van der Waals surface area contributed by atoms with E-state index >= 15 is 0 Å². The Hall–Kier alpha value is -3.55. The third-order valence-electron chi connectivity index (χ3n) is 6.14. The molecule has 0 saturated carbocycles. The predicted octanol–water partition coefficient (Wildman–Crippen LogP) is 4.08. The molecule has 3 heterocycles. The Balaban J connectivity index is 1.57. The Bertz CT molecular complexity index is 1610. The zero-order valence-electron chi connectivity index (χ0n) is 17.4. The summed E-state index contributed by atoms with van der Waals surface area (Å²) in [6.07, 6.45) is 3.63. The average Bonchev–Trinajstić information content (AvgIpc) is 3.47. The number of hydrogen-bond donors (Lipinski definition) is 1. The summed E-state index contributed by atoms with van der Waals surface area (Å²) in [5.74, 6) is -0.970. The van der Waals surface area contributed by atoms with E-state index in [1.165, 1.54) is 22.5 Å². The fraction of sp³-hybridized carbons (Fsp3) is 0.115. The second kappa shape index (κ2) is 7.79. The summed E-state index contributed by atoms with van der Waals surface area (Å²) in [4.78, 5) is 31.6. The van der Waals surface area contributed by atoms with E-state index in [0.29, 0.717) is 9.33 Å². The zero-order valence-corrected chi connectivity index (χ0v) is 19.0. The highest BCUT2D eigenvalue weighted by Gasteiger charge is 2.32. The first-order chi connectivity index (χ1) is 16.1. The van der Waals surface area contributed by atoms with E-state index in [2.05, 4.69) is 24.3 Å². The van der Waals surface area contributed by atoms with Gasteiger partial charge in [0.2, 0.25) is 0 Å². The Labute approximate surface area is 196 Å². The maximum atomic E-state index is 13.6. The van der Waals surface area contributed by atoms with Gasteiger partial charge in [-0.1, -0.05) is 53.8 Å². The fourth-order valence-corrected chi connectivity index (χ4v) is 6.44. The Morgan fingerprint density at radius 3 is 2.64 bits per heavy atom. The maximum absolute atomic E-state index is 13.6. The van der Waals surface area contributed by atoms with Crippen LogP contribution in [-0.2, 0) is 6.42 Å². The van der Waals surface area contributed by atoms with E-state index in [1.807, 2.05) is 28.2 Å². The van der Waals surface area contributed by atoms with Crippen molar-refractivity contribution in [3.8, 4) is 0 Å². The molecule has 1 N–H and O–H groups in total. The van der Waals surface area contributed by atoms with Crippen LogP contribution in [-0.4, -0.2) is 15.6 Å². The summed E-state index contributed by atoms with van der Waals surface area (Å²) in [7, 11) is 0. The molecule has 33 heavy (non-hydrogen) atoms. The van der Waals surface area contributed by atoms with E-state index in [-0.39, 0.29) is 17.2 Å². The van der Waals surface area contributed by atoms with Crippen LogP contribution >= 0.6 is 22.7 Å². The molecule has 0 saturated heterocycles. The topological polar surface area (TPSA) is 71.7 Å². The lowest BCUT2D eigenvalue weighted by Crippen LogP contribution is -2.38. The number of aromatic nitrogens is 1. The quantitative estimate of drug-likeness (QED) is 0.491. The minimum atomic E-state index is -0.970. The van der Waals surface area contributed by atoms with Gasteiger partial charge in [0.25, 0.3) is 5.56 Å². The summed E-state index contributed by atoms with van der Waals surface area (Å²) in [6, 6.07) is 18.9. The van der Waals surface area contributed by atoms with Crippen LogP contribution in [0.2, 0.25) is 0 Å². The third kappa shape index (κ3) is 3.32. The van der Waals surface area contributed by atoms with Crippen LogP contribution in [0.4, 0.5) is 0 Å². The molecular formula is C26H18N2O3S2.